The van der Waals surface area contributed by atoms with Crippen LogP contribution >= 0.6 is 11.8 Å². The summed E-state index contributed by atoms with van der Waals surface area (Å²) >= 11 is 2.15. The Labute approximate surface area is 109 Å². The smallest absolute Gasteiger partial charge is 0.0620 e. The van der Waals surface area contributed by atoms with Crippen molar-refractivity contribution in [2.24, 2.45) is 0 Å². The highest BCUT2D eigenvalue weighted by Gasteiger charge is 2.18. The first-order valence-electron chi connectivity index (χ1n) is 7.00. The van der Waals surface area contributed by atoms with Crippen molar-refractivity contribution in [2.75, 3.05) is 32.1 Å². The van der Waals surface area contributed by atoms with Crippen molar-refractivity contribution in [3.05, 3.63) is 0 Å². The lowest BCUT2D eigenvalue weighted by Crippen LogP contribution is -2.45. The Kier molecular flexibility index (Phi) is 6.12. The summed E-state index contributed by atoms with van der Waals surface area (Å²) in [7, 11) is 0. The van der Waals surface area contributed by atoms with E-state index >= 15 is 0 Å². The molecule has 3 atom stereocenters. The van der Waals surface area contributed by atoms with Gasteiger partial charge in [0.25, 0.3) is 0 Å². The molecule has 0 amide bonds. The SMILES string of the molecule is CC(CC1COCCN1)NCC1CCCCS1. The fourth-order valence-corrected chi connectivity index (χ4v) is 3.83. The van der Waals surface area contributed by atoms with Crippen molar-refractivity contribution in [3.63, 3.8) is 0 Å². The Morgan fingerprint density at radius 2 is 2.41 bits per heavy atom. The molecule has 2 N–H and O–H groups in total. The second-order valence-electron chi connectivity index (χ2n) is 5.26. The minimum absolute atomic E-state index is 0.547. The Balaban J connectivity index is 1.57. The molecular weight excluding hydrogens is 232 g/mol. The fraction of sp³-hybridized carbons (Fsp3) is 1.00. The molecule has 100 valence electrons. The van der Waals surface area contributed by atoms with Crippen LogP contribution in [0.4, 0.5) is 0 Å². The highest BCUT2D eigenvalue weighted by molar-refractivity contribution is 7.99. The topological polar surface area (TPSA) is 33.3 Å². The van der Waals surface area contributed by atoms with E-state index in [1.54, 1.807) is 0 Å². The van der Waals surface area contributed by atoms with E-state index in [1.807, 2.05) is 0 Å². The molecule has 0 aliphatic carbocycles. The molecule has 4 heteroatoms. The molecule has 0 radical (unpaired) electrons. The van der Waals surface area contributed by atoms with Crippen LogP contribution in [0.25, 0.3) is 0 Å². The number of ether oxygens (including phenoxy) is 1. The van der Waals surface area contributed by atoms with Gasteiger partial charge in [-0.25, -0.2) is 0 Å². The second-order valence-corrected chi connectivity index (χ2v) is 6.67. The lowest BCUT2D eigenvalue weighted by Gasteiger charge is -2.28. The van der Waals surface area contributed by atoms with Gasteiger partial charge in [0, 0.05) is 30.4 Å². The van der Waals surface area contributed by atoms with Gasteiger partial charge in [-0.1, -0.05) is 6.42 Å². The summed E-state index contributed by atoms with van der Waals surface area (Å²) in [6, 6.07) is 1.14. The van der Waals surface area contributed by atoms with Gasteiger partial charge >= 0.3 is 0 Å². The minimum Gasteiger partial charge on any atom is -0.379 e. The molecule has 0 bridgehead atoms. The number of rotatable bonds is 5. The van der Waals surface area contributed by atoms with E-state index < -0.39 is 0 Å². The Bertz CT molecular complexity index is 204. The third-order valence-corrected chi connectivity index (χ3v) is 5.00. The summed E-state index contributed by atoms with van der Waals surface area (Å²) in [6.07, 6.45) is 5.42. The first-order valence-corrected chi connectivity index (χ1v) is 8.05. The van der Waals surface area contributed by atoms with Gasteiger partial charge in [0.05, 0.1) is 13.2 Å². The summed E-state index contributed by atoms with van der Waals surface area (Å²) in [5.41, 5.74) is 0. The summed E-state index contributed by atoms with van der Waals surface area (Å²) in [5, 5.41) is 8.05. The zero-order valence-electron chi connectivity index (χ0n) is 10.9. The average Bonchev–Trinajstić information content (AvgIpc) is 2.39. The van der Waals surface area contributed by atoms with Crippen molar-refractivity contribution in [3.8, 4) is 0 Å². The minimum atomic E-state index is 0.547. The Morgan fingerprint density at radius 3 is 3.12 bits per heavy atom. The molecule has 2 rings (SSSR count). The van der Waals surface area contributed by atoms with Crippen molar-refractivity contribution >= 4 is 11.8 Å². The van der Waals surface area contributed by atoms with Gasteiger partial charge in [0.2, 0.25) is 0 Å². The maximum atomic E-state index is 5.48. The highest BCUT2D eigenvalue weighted by atomic mass is 32.2. The number of hydrogen-bond acceptors (Lipinski definition) is 4. The normalized spacial score (nSPS) is 32.3. The van der Waals surface area contributed by atoms with Gasteiger partial charge in [-0.2, -0.15) is 11.8 Å². The quantitative estimate of drug-likeness (QED) is 0.785. The van der Waals surface area contributed by atoms with E-state index in [0.29, 0.717) is 12.1 Å². The number of thioether (sulfide) groups is 1. The van der Waals surface area contributed by atoms with Crippen LogP contribution < -0.4 is 10.6 Å². The standard InChI is InChI=1S/C13H26N2OS/c1-11(8-12-10-16-6-5-14-12)15-9-13-4-2-3-7-17-13/h11-15H,2-10H2,1H3. The van der Waals surface area contributed by atoms with E-state index in [-0.39, 0.29) is 0 Å². The van der Waals surface area contributed by atoms with Gasteiger partial charge in [0.15, 0.2) is 0 Å². The predicted molar refractivity (Wildman–Crippen MR) is 74.8 cm³/mol. The average molecular weight is 258 g/mol. The van der Waals surface area contributed by atoms with Crippen LogP contribution in [-0.2, 0) is 4.74 Å². The number of hydrogen-bond donors (Lipinski definition) is 2. The van der Waals surface area contributed by atoms with E-state index in [1.165, 1.54) is 38.0 Å². The molecule has 0 saturated carbocycles. The van der Waals surface area contributed by atoms with Gasteiger partial charge in [-0.3, -0.25) is 0 Å². The van der Waals surface area contributed by atoms with Crippen molar-refractivity contribution in [1.82, 2.24) is 10.6 Å². The maximum absolute atomic E-state index is 5.48. The van der Waals surface area contributed by atoms with Crippen LogP contribution in [0.1, 0.15) is 32.6 Å². The molecule has 17 heavy (non-hydrogen) atoms. The van der Waals surface area contributed by atoms with Gasteiger partial charge < -0.3 is 15.4 Å². The predicted octanol–water partition coefficient (Wildman–Crippen LogP) is 1.63. The fourth-order valence-electron chi connectivity index (χ4n) is 2.58. The van der Waals surface area contributed by atoms with Crippen molar-refractivity contribution in [1.29, 1.82) is 0 Å². The molecule has 0 aromatic carbocycles. The highest BCUT2D eigenvalue weighted by Crippen LogP contribution is 2.24. The van der Waals surface area contributed by atoms with E-state index in [0.717, 1.165) is 25.0 Å². The molecule has 2 fully saturated rings. The molecule has 3 nitrogen and oxygen atoms in total. The van der Waals surface area contributed by atoms with Crippen molar-refractivity contribution < 1.29 is 4.74 Å². The molecule has 0 spiro atoms. The molecule has 0 aromatic heterocycles. The summed E-state index contributed by atoms with van der Waals surface area (Å²) in [4.78, 5) is 0. The third-order valence-electron chi connectivity index (χ3n) is 3.60. The molecule has 2 aliphatic heterocycles. The van der Waals surface area contributed by atoms with Crippen LogP contribution in [0.3, 0.4) is 0 Å². The summed E-state index contributed by atoms with van der Waals surface area (Å²) in [6.45, 7) is 6.24. The van der Waals surface area contributed by atoms with Crippen LogP contribution in [0.15, 0.2) is 0 Å². The first-order chi connectivity index (χ1) is 8.34. The first kappa shape index (κ1) is 13.7. The van der Waals surface area contributed by atoms with Crippen LogP contribution in [0.5, 0.6) is 0 Å². The van der Waals surface area contributed by atoms with Crippen molar-refractivity contribution in [2.45, 2.75) is 49.9 Å². The zero-order chi connectivity index (χ0) is 11.9. The lowest BCUT2D eigenvalue weighted by atomic mass is 10.1. The van der Waals surface area contributed by atoms with E-state index in [9.17, 15) is 0 Å². The van der Waals surface area contributed by atoms with Gasteiger partial charge in [-0.05, 0) is 31.9 Å². The molecular formula is C13H26N2OS. The van der Waals surface area contributed by atoms with Crippen LogP contribution in [0.2, 0.25) is 0 Å². The summed E-state index contributed by atoms with van der Waals surface area (Å²) < 4.78 is 5.48. The Hall–Kier alpha value is 0.230. The van der Waals surface area contributed by atoms with Gasteiger partial charge in [0.1, 0.15) is 0 Å². The van der Waals surface area contributed by atoms with E-state index in [2.05, 4.69) is 29.3 Å². The third kappa shape index (κ3) is 5.16. The second kappa shape index (κ2) is 7.62. The monoisotopic (exact) mass is 258 g/mol. The van der Waals surface area contributed by atoms with Crippen LogP contribution in [-0.4, -0.2) is 49.4 Å². The molecule has 0 aromatic rings. The van der Waals surface area contributed by atoms with E-state index in [4.69, 9.17) is 4.74 Å². The van der Waals surface area contributed by atoms with Crippen LogP contribution in [0, 0.1) is 0 Å². The Morgan fingerprint density at radius 1 is 1.47 bits per heavy atom. The number of morpholine rings is 1. The van der Waals surface area contributed by atoms with Gasteiger partial charge in [-0.15, -0.1) is 0 Å². The largest absolute Gasteiger partial charge is 0.379 e. The maximum Gasteiger partial charge on any atom is 0.0620 e. The number of nitrogens with one attached hydrogen (secondary N) is 2. The molecule has 3 unspecified atom stereocenters. The zero-order valence-corrected chi connectivity index (χ0v) is 11.7. The molecule has 2 heterocycles. The molecule has 2 saturated heterocycles. The molecule has 2 aliphatic rings. The lowest BCUT2D eigenvalue weighted by molar-refractivity contribution is 0.0712. The summed E-state index contributed by atoms with van der Waals surface area (Å²) in [5.74, 6) is 1.36.